The second-order valence-corrected chi connectivity index (χ2v) is 22.0. The summed E-state index contributed by atoms with van der Waals surface area (Å²) in [6.45, 7) is 0. The number of aromatic hydroxyl groups is 1. The van der Waals surface area contributed by atoms with Gasteiger partial charge in [0, 0.05) is 26.9 Å². The van der Waals surface area contributed by atoms with Crippen LogP contribution in [0.5, 0.6) is 17.2 Å². The fourth-order valence-electron chi connectivity index (χ4n) is 8.93. The smallest absolute Gasteiger partial charge is 0.871 e. The summed E-state index contributed by atoms with van der Waals surface area (Å²) in [7, 11) is -13.2. The van der Waals surface area contributed by atoms with Crippen LogP contribution in [0.3, 0.4) is 0 Å². The van der Waals surface area contributed by atoms with E-state index in [0.29, 0.717) is 65.8 Å². The summed E-state index contributed by atoms with van der Waals surface area (Å²) in [5, 5.41) is 67.1. The Bertz CT molecular complexity index is 4440. The van der Waals surface area contributed by atoms with E-state index in [1.807, 2.05) is 66.7 Å². The molecule has 22 heteroatoms. The van der Waals surface area contributed by atoms with Gasteiger partial charge in [-0.15, -0.1) is 5.11 Å². The number of nitrogens with zero attached hydrogens (tertiary/aromatic N) is 6. The average Bonchev–Trinajstić information content (AvgIpc) is 3.53. The molecule has 402 valence electrons. The molecule has 0 fully saturated rings. The van der Waals surface area contributed by atoms with Crippen molar-refractivity contribution >= 4 is 146 Å². The van der Waals surface area contributed by atoms with E-state index in [0.717, 1.165) is 21.5 Å². The van der Waals surface area contributed by atoms with Gasteiger partial charge >= 0.3 is 17.4 Å². The van der Waals surface area contributed by atoms with Gasteiger partial charge in [-0.05, 0) is 98.4 Å². The first-order valence-electron chi connectivity index (χ1n) is 24.1. The van der Waals surface area contributed by atoms with E-state index >= 15 is 0 Å². The van der Waals surface area contributed by atoms with Crippen LogP contribution in [-0.2, 0) is 30.4 Å². The van der Waals surface area contributed by atoms with Gasteiger partial charge in [-0.25, -0.2) is 8.42 Å². The van der Waals surface area contributed by atoms with Gasteiger partial charge in [0.15, 0.2) is 0 Å². The first-order valence-corrected chi connectivity index (χ1v) is 28.4. The molecule has 0 radical (unpaired) electrons. The van der Waals surface area contributed by atoms with Crippen LogP contribution in [0.1, 0.15) is 0 Å². The first-order chi connectivity index (χ1) is 38.8. The Morgan fingerprint density at radius 2 is 0.634 bits per heavy atom. The van der Waals surface area contributed by atoms with Crippen LogP contribution in [-0.4, -0.2) is 61.4 Å². The monoisotopic (exact) mass is 1160 g/mol. The molecule has 18 nitrogen and oxygen atoms in total. The number of hydrogen-bond acceptors (Lipinski definition) is 16. The molecule has 0 bridgehead atoms. The molecule has 0 aromatic heterocycles. The molecule has 0 aliphatic rings. The van der Waals surface area contributed by atoms with Crippen LogP contribution < -0.4 is 10.2 Å². The molecule has 12 aromatic rings. The van der Waals surface area contributed by atoms with Gasteiger partial charge in [0.2, 0.25) is 0 Å². The summed E-state index contributed by atoms with van der Waals surface area (Å²) >= 11 is 0. The zero-order chi connectivity index (χ0) is 57.1. The Kier molecular flexibility index (Phi) is 16.6. The van der Waals surface area contributed by atoms with E-state index in [4.69, 9.17) is 0 Å². The van der Waals surface area contributed by atoms with Crippen molar-refractivity contribution in [3.05, 3.63) is 218 Å². The van der Waals surface area contributed by atoms with E-state index in [2.05, 4.69) is 30.7 Å². The summed E-state index contributed by atoms with van der Waals surface area (Å²) in [6.07, 6.45) is 0. The van der Waals surface area contributed by atoms with Crippen molar-refractivity contribution in [2.45, 2.75) is 14.7 Å². The van der Waals surface area contributed by atoms with Crippen LogP contribution >= 0.6 is 0 Å². The van der Waals surface area contributed by atoms with E-state index < -0.39 is 30.4 Å². The minimum Gasteiger partial charge on any atom is -0.871 e. The van der Waals surface area contributed by atoms with Gasteiger partial charge < -0.3 is 19.9 Å². The number of azo groups is 3. The number of hydrogen-bond donors (Lipinski definition) is 3. The molecule has 0 amide bonds. The Morgan fingerprint density at radius 1 is 0.317 bits per heavy atom. The van der Waals surface area contributed by atoms with Crippen molar-refractivity contribution in [3.8, 4) is 17.2 Å². The van der Waals surface area contributed by atoms with Crippen LogP contribution in [0.15, 0.2) is 264 Å². The minimum atomic E-state index is -4.57. The maximum absolute atomic E-state index is 12.2. The van der Waals surface area contributed by atoms with Gasteiger partial charge in [0.25, 0.3) is 20.2 Å². The Hall–Kier alpha value is -9.34. The topological polar surface area (TPSA) is 306 Å². The maximum Gasteiger partial charge on any atom is 3.00 e. The normalized spacial score (nSPS) is 12.0. The third-order valence-corrected chi connectivity index (χ3v) is 15.4. The molecule has 0 aliphatic heterocycles. The van der Waals surface area contributed by atoms with Crippen molar-refractivity contribution < 1.29 is 54.2 Å². The van der Waals surface area contributed by atoms with Crippen molar-refractivity contribution in [2.75, 3.05) is 0 Å². The Morgan fingerprint density at radius 3 is 1.01 bits per heavy atom. The van der Waals surface area contributed by atoms with Gasteiger partial charge in [0.05, 0.1) is 33.3 Å². The maximum atomic E-state index is 12.2. The molecule has 82 heavy (non-hydrogen) atoms. The van der Waals surface area contributed by atoms with Crippen LogP contribution in [0, 0.1) is 0 Å². The van der Waals surface area contributed by atoms with E-state index in [-0.39, 0.29) is 60.7 Å². The fourth-order valence-corrected chi connectivity index (χ4v) is 11.1. The molecule has 12 aromatic carbocycles. The number of benzene rings is 12. The summed E-state index contributed by atoms with van der Waals surface area (Å²) in [5.41, 5.74) is 2.24. The van der Waals surface area contributed by atoms with Crippen molar-refractivity contribution in [1.29, 1.82) is 0 Å². The molecule has 0 atom stereocenters. The summed E-state index contributed by atoms with van der Waals surface area (Å²) in [4.78, 5) is -0.603. The predicted molar refractivity (Wildman–Crippen MR) is 310 cm³/mol. The molecular formula is C60H39AlN6O12S3. The minimum absolute atomic E-state index is 0. The molecule has 12 rings (SSSR count). The molecular weight excluding hydrogens is 1120 g/mol. The van der Waals surface area contributed by atoms with Crippen molar-refractivity contribution in [1.82, 2.24) is 0 Å². The van der Waals surface area contributed by atoms with Crippen LogP contribution in [0.4, 0.5) is 34.1 Å². The van der Waals surface area contributed by atoms with Gasteiger partial charge in [-0.3, -0.25) is 9.11 Å². The van der Waals surface area contributed by atoms with Gasteiger partial charge in [-0.2, -0.15) is 42.4 Å². The summed E-state index contributed by atoms with van der Waals surface area (Å²) in [5.74, 6) is -0.447. The van der Waals surface area contributed by atoms with E-state index in [9.17, 15) is 54.2 Å². The van der Waals surface area contributed by atoms with Crippen LogP contribution in [0.2, 0.25) is 0 Å². The molecule has 3 N–H and O–H groups in total. The van der Waals surface area contributed by atoms with E-state index in [1.165, 1.54) is 48.5 Å². The summed E-state index contributed by atoms with van der Waals surface area (Å²) < 4.78 is 98.7. The average molecular weight is 1160 g/mol. The summed E-state index contributed by atoms with van der Waals surface area (Å²) in [6, 6.07) is 59.9. The molecule has 0 saturated carbocycles. The third-order valence-electron chi connectivity index (χ3n) is 12.7. The molecule has 0 spiro atoms. The molecule has 0 saturated heterocycles. The second kappa shape index (κ2) is 23.8. The zero-order valence-electron chi connectivity index (χ0n) is 42.3. The molecule has 0 aliphatic carbocycles. The Labute approximate surface area is 478 Å². The number of phenolic OH excluding ortho intramolecular Hbond substituents is 1. The molecule has 0 unspecified atom stereocenters. The van der Waals surface area contributed by atoms with Crippen molar-refractivity contribution in [2.24, 2.45) is 30.7 Å². The fraction of sp³-hybridized carbons (Fsp3) is 0. The van der Waals surface area contributed by atoms with Gasteiger partial charge in [-0.1, -0.05) is 169 Å². The molecule has 0 heterocycles. The first kappa shape index (κ1) is 57.4. The Balaban J connectivity index is 0.000000147. The number of fused-ring (bicyclic) bond motifs is 6. The third kappa shape index (κ3) is 12.6. The SMILES string of the molecule is O=S(=O)(O)c1cccc2cc(N=Nc3c(O)ccc4ccccc34)ccc12.O=S(=O)(O)c1cccc2cc(N=Nc3c([O-])ccc4ccccc34)ccc12.O=S(=O)([O-])c1cccc2cc(N=Nc3c([O-])ccc4ccccc34)ccc12.[Al+3]. The van der Waals surface area contributed by atoms with Crippen molar-refractivity contribution in [3.63, 3.8) is 0 Å². The largest absolute Gasteiger partial charge is 3.00 e. The second-order valence-electron chi connectivity index (χ2n) is 17.9. The standard InChI is InChI=1S/3C20H14N2O4S.Al/c3*23-18-11-8-13-4-1-2-6-17(13)20(18)22-21-15-9-10-16-14(12-15)5-3-7-19(16)27(24,25)26;/h3*1-12,23H,(H,24,25,26);/q;;;+3/p-3. The number of phenols is 1. The predicted octanol–water partition coefficient (Wildman–Crippen LogP) is 14.1. The zero-order valence-corrected chi connectivity index (χ0v) is 45.9. The quantitative estimate of drug-likeness (QED) is 0.0690. The van der Waals surface area contributed by atoms with E-state index in [1.54, 1.807) is 103 Å². The van der Waals surface area contributed by atoms with Gasteiger partial charge in [0.1, 0.15) is 31.3 Å². The number of rotatable bonds is 9. The van der Waals surface area contributed by atoms with Crippen LogP contribution in [0.25, 0.3) is 64.6 Å².